The molecule has 1 aromatic rings. The van der Waals surface area contributed by atoms with E-state index in [0.717, 1.165) is 31.2 Å². The fraction of sp³-hybridized carbons (Fsp3) is 0.600. The topological polar surface area (TPSA) is 28.4 Å². The van der Waals surface area contributed by atoms with E-state index < -0.39 is 0 Å². The molecule has 0 spiro atoms. The Bertz CT molecular complexity index is 401. The van der Waals surface area contributed by atoms with Gasteiger partial charge in [0.1, 0.15) is 11.5 Å². The van der Waals surface area contributed by atoms with Crippen molar-refractivity contribution in [3.05, 3.63) is 23.2 Å². The predicted molar refractivity (Wildman–Crippen MR) is 75.2 cm³/mol. The second-order valence-corrected chi connectivity index (χ2v) is 5.22. The molecule has 1 heterocycles. The molecule has 0 aliphatic heterocycles. The van der Waals surface area contributed by atoms with Crippen molar-refractivity contribution in [2.75, 3.05) is 20.1 Å². The van der Waals surface area contributed by atoms with Crippen molar-refractivity contribution < 1.29 is 4.42 Å². The van der Waals surface area contributed by atoms with Crippen LogP contribution in [0.15, 0.2) is 10.5 Å². The molecule has 0 aromatic carbocycles. The number of hydrogen-bond acceptors (Lipinski definition) is 3. The summed E-state index contributed by atoms with van der Waals surface area (Å²) in [5, 5.41) is 3.39. The van der Waals surface area contributed by atoms with E-state index in [2.05, 4.69) is 43.0 Å². The largest absolute Gasteiger partial charge is 0.463 e. The maximum atomic E-state index is 5.84. The fourth-order valence-corrected chi connectivity index (χ4v) is 1.80. The van der Waals surface area contributed by atoms with Crippen LogP contribution in [0.3, 0.4) is 0 Å². The molecule has 0 fully saturated rings. The summed E-state index contributed by atoms with van der Waals surface area (Å²) in [6, 6.07) is 2.10. The van der Waals surface area contributed by atoms with E-state index in [-0.39, 0.29) is 0 Å². The van der Waals surface area contributed by atoms with Gasteiger partial charge in [-0.2, -0.15) is 0 Å². The average molecular weight is 248 g/mol. The summed E-state index contributed by atoms with van der Waals surface area (Å²) in [6.45, 7) is 9.68. The second kappa shape index (κ2) is 7.25. The highest BCUT2D eigenvalue weighted by Gasteiger charge is 2.09. The molecule has 0 aliphatic carbocycles. The third-order valence-electron chi connectivity index (χ3n) is 2.70. The molecular formula is C15H24N2O. The monoisotopic (exact) mass is 248 g/mol. The van der Waals surface area contributed by atoms with Gasteiger partial charge in [0.25, 0.3) is 0 Å². The van der Waals surface area contributed by atoms with Gasteiger partial charge in [0.2, 0.25) is 0 Å². The molecule has 0 saturated heterocycles. The zero-order valence-electron chi connectivity index (χ0n) is 11.9. The molecule has 0 saturated carbocycles. The van der Waals surface area contributed by atoms with E-state index in [1.165, 1.54) is 5.56 Å². The van der Waals surface area contributed by atoms with Gasteiger partial charge in [-0.3, -0.25) is 4.90 Å². The minimum Gasteiger partial charge on any atom is -0.463 e. The molecular weight excluding hydrogens is 224 g/mol. The van der Waals surface area contributed by atoms with Crippen molar-refractivity contribution in [2.45, 2.75) is 33.9 Å². The second-order valence-electron chi connectivity index (χ2n) is 5.22. The Hall–Kier alpha value is -1.24. The highest BCUT2D eigenvalue weighted by atomic mass is 16.3. The third-order valence-corrected chi connectivity index (χ3v) is 2.70. The van der Waals surface area contributed by atoms with Crippen LogP contribution in [0.25, 0.3) is 0 Å². The summed E-state index contributed by atoms with van der Waals surface area (Å²) in [5.74, 6) is 5.29. The van der Waals surface area contributed by atoms with Crippen molar-refractivity contribution in [2.24, 2.45) is 5.92 Å². The molecule has 0 aliphatic rings. The molecule has 1 aromatic heterocycles. The lowest BCUT2D eigenvalue weighted by atomic mass is 10.2. The number of nitrogens with zero attached hydrogens (tertiary/aromatic N) is 1. The van der Waals surface area contributed by atoms with Crippen molar-refractivity contribution in [3.63, 3.8) is 0 Å². The van der Waals surface area contributed by atoms with Gasteiger partial charge in [-0.25, -0.2) is 0 Å². The van der Waals surface area contributed by atoms with E-state index in [1.54, 1.807) is 0 Å². The van der Waals surface area contributed by atoms with Crippen molar-refractivity contribution in [3.8, 4) is 12.3 Å². The standard InChI is InChI=1S/C15H24N2O/c1-6-7-17(5)11-14-8-13(4)15(18-14)10-16-9-12(2)3/h1,8,12,16H,7,9-11H2,2-5H3. The summed E-state index contributed by atoms with van der Waals surface area (Å²) in [4.78, 5) is 2.06. The normalized spacial score (nSPS) is 11.2. The lowest BCUT2D eigenvalue weighted by Crippen LogP contribution is -2.19. The maximum Gasteiger partial charge on any atom is 0.120 e. The number of terminal acetylenes is 1. The van der Waals surface area contributed by atoms with Crippen LogP contribution < -0.4 is 5.32 Å². The van der Waals surface area contributed by atoms with Crippen molar-refractivity contribution in [1.82, 2.24) is 10.2 Å². The SMILES string of the molecule is C#CCN(C)Cc1cc(C)c(CNCC(C)C)o1. The zero-order chi connectivity index (χ0) is 13.5. The van der Waals surface area contributed by atoms with E-state index >= 15 is 0 Å². The maximum absolute atomic E-state index is 5.84. The molecule has 0 atom stereocenters. The summed E-state index contributed by atoms with van der Waals surface area (Å²) in [7, 11) is 1.99. The van der Waals surface area contributed by atoms with Gasteiger partial charge in [0.05, 0.1) is 19.6 Å². The van der Waals surface area contributed by atoms with Crippen LogP contribution in [0, 0.1) is 25.2 Å². The van der Waals surface area contributed by atoms with Gasteiger partial charge in [-0.05, 0) is 38.1 Å². The van der Waals surface area contributed by atoms with Crippen LogP contribution in [-0.2, 0) is 13.1 Å². The molecule has 18 heavy (non-hydrogen) atoms. The van der Waals surface area contributed by atoms with Crippen LogP contribution in [0.4, 0.5) is 0 Å². The number of furan rings is 1. The molecule has 1 rings (SSSR count). The molecule has 1 N–H and O–H groups in total. The Morgan fingerprint density at radius 3 is 2.83 bits per heavy atom. The van der Waals surface area contributed by atoms with Crippen LogP contribution in [0.5, 0.6) is 0 Å². The van der Waals surface area contributed by atoms with E-state index in [4.69, 9.17) is 10.8 Å². The van der Waals surface area contributed by atoms with Crippen molar-refractivity contribution in [1.29, 1.82) is 0 Å². The predicted octanol–water partition coefficient (Wildman–Crippen LogP) is 2.40. The minimum atomic E-state index is 0.640. The third kappa shape index (κ3) is 4.95. The number of rotatable bonds is 7. The van der Waals surface area contributed by atoms with Gasteiger partial charge in [0.15, 0.2) is 0 Å². The lowest BCUT2D eigenvalue weighted by Gasteiger charge is -2.10. The molecule has 0 unspecified atom stereocenters. The van der Waals surface area contributed by atoms with Crippen LogP contribution in [0.2, 0.25) is 0 Å². The Morgan fingerprint density at radius 2 is 2.22 bits per heavy atom. The Kier molecular flexibility index (Phi) is 5.97. The summed E-state index contributed by atoms with van der Waals surface area (Å²) in [5.41, 5.74) is 1.20. The van der Waals surface area contributed by atoms with Gasteiger partial charge < -0.3 is 9.73 Å². The average Bonchev–Trinajstić information content (AvgIpc) is 2.59. The van der Waals surface area contributed by atoms with Gasteiger partial charge in [0, 0.05) is 0 Å². The van der Waals surface area contributed by atoms with Gasteiger partial charge >= 0.3 is 0 Å². The molecule has 3 heteroatoms. The quantitative estimate of drug-likeness (QED) is 0.751. The lowest BCUT2D eigenvalue weighted by molar-refractivity contribution is 0.317. The first kappa shape index (κ1) is 14.8. The number of nitrogens with one attached hydrogen (secondary N) is 1. The molecule has 0 amide bonds. The minimum absolute atomic E-state index is 0.640. The number of hydrogen-bond donors (Lipinski definition) is 1. The van der Waals surface area contributed by atoms with E-state index in [1.807, 2.05) is 7.05 Å². The number of aryl methyl sites for hydroxylation is 1. The van der Waals surface area contributed by atoms with E-state index in [0.29, 0.717) is 12.5 Å². The first-order valence-electron chi connectivity index (χ1n) is 6.43. The first-order chi connectivity index (χ1) is 8.52. The zero-order valence-corrected chi connectivity index (χ0v) is 11.9. The fourth-order valence-electron chi connectivity index (χ4n) is 1.80. The molecule has 0 bridgehead atoms. The summed E-state index contributed by atoms with van der Waals surface area (Å²) < 4.78 is 5.84. The van der Waals surface area contributed by atoms with Crippen LogP contribution in [0.1, 0.15) is 30.9 Å². The highest BCUT2D eigenvalue weighted by Crippen LogP contribution is 2.15. The Labute approximate surface area is 111 Å². The van der Waals surface area contributed by atoms with Crippen molar-refractivity contribution >= 4 is 0 Å². The van der Waals surface area contributed by atoms with Gasteiger partial charge in [-0.1, -0.05) is 19.8 Å². The summed E-state index contributed by atoms with van der Waals surface area (Å²) >= 11 is 0. The Balaban J connectivity index is 2.51. The first-order valence-corrected chi connectivity index (χ1v) is 6.43. The molecule has 0 radical (unpaired) electrons. The molecule has 3 nitrogen and oxygen atoms in total. The Morgan fingerprint density at radius 1 is 1.50 bits per heavy atom. The molecule has 100 valence electrons. The highest BCUT2D eigenvalue weighted by molar-refractivity contribution is 5.20. The summed E-state index contributed by atoms with van der Waals surface area (Å²) in [6.07, 6.45) is 5.28. The van der Waals surface area contributed by atoms with E-state index in [9.17, 15) is 0 Å². The van der Waals surface area contributed by atoms with Crippen LogP contribution in [-0.4, -0.2) is 25.0 Å². The van der Waals surface area contributed by atoms with Gasteiger partial charge in [-0.15, -0.1) is 6.42 Å². The van der Waals surface area contributed by atoms with Crippen LogP contribution >= 0.6 is 0 Å². The smallest absolute Gasteiger partial charge is 0.120 e.